The van der Waals surface area contributed by atoms with E-state index in [0.29, 0.717) is 5.56 Å². The van der Waals surface area contributed by atoms with E-state index < -0.39 is 46.1 Å². The first kappa shape index (κ1) is 17.7. The molecule has 134 valence electrons. The number of amides is 2. The van der Waals surface area contributed by atoms with Gasteiger partial charge >= 0.3 is 5.97 Å². The summed E-state index contributed by atoms with van der Waals surface area (Å²) < 4.78 is -0.678. The van der Waals surface area contributed by atoms with Gasteiger partial charge in [0.1, 0.15) is 17.3 Å². The molecule has 2 aliphatic heterocycles. The van der Waals surface area contributed by atoms with Gasteiger partial charge in [0.15, 0.2) is 6.23 Å². The Balaban J connectivity index is 1.63. The number of benzene rings is 1. The number of nitrogens with two attached hydrogens (primary N) is 1. The monoisotopic (exact) mass is 365 g/mol. The quantitative estimate of drug-likeness (QED) is 0.300. The summed E-state index contributed by atoms with van der Waals surface area (Å²) in [7, 11) is 0. The summed E-state index contributed by atoms with van der Waals surface area (Å²) >= 11 is 1.30. The van der Waals surface area contributed by atoms with Crippen LogP contribution in [0.5, 0.6) is 0 Å². The smallest absolute Gasteiger partial charge is 0.327 e. The maximum absolute atomic E-state index is 12.3. The van der Waals surface area contributed by atoms with Crippen molar-refractivity contribution in [3.05, 3.63) is 35.9 Å². The van der Waals surface area contributed by atoms with E-state index in [4.69, 9.17) is 10.6 Å². The Hall–Kier alpha value is -2.10. The van der Waals surface area contributed by atoms with Gasteiger partial charge in [-0.05, 0) is 19.4 Å². The molecule has 2 amide bonds. The standard InChI is InChI=1S/C16H19N3O5S/c1-16(2)10(15(22)23)19-13(21)9(14(19)25-16)12(20)18-24-11(17)8-6-4-3-5-7-8/h3-7,9-11,14H,17H2,1-2H3,(H,18,20)(H,22,23)/t9-,10+,11?,14-/m1/s1. The van der Waals surface area contributed by atoms with Crippen LogP contribution in [-0.4, -0.2) is 44.0 Å². The summed E-state index contributed by atoms with van der Waals surface area (Å²) in [5, 5.41) is 8.85. The molecule has 0 spiro atoms. The Morgan fingerprint density at radius 1 is 1.36 bits per heavy atom. The fourth-order valence-corrected chi connectivity index (χ4v) is 4.83. The molecule has 1 aromatic carbocycles. The second-order valence-electron chi connectivity index (χ2n) is 6.49. The summed E-state index contributed by atoms with van der Waals surface area (Å²) in [6, 6.07) is 7.95. The number of aliphatic carboxylic acids is 1. The van der Waals surface area contributed by atoms with Crippen LogP contribution in [0.15, 0.2) is 30.3 Å². The molecule has 25 heavy (non-hydrogen) atoms. The minimum Gasteiger partial charge on any atom is -0.480 e. The molecule has 1 aromatic rings. The molecule has 4 atom stereocenters. The third-order valence-corrected chi connectivity index (χ3v) is 5.94. The molecule has 4 N–H and O–H groups in total. The lowest BCUT2D eigenvalue weighted by molar-refractivity contribution is -0.171. The van der Waals surface area contributed by atoms with Crippen LogP contribution in [-0.2, 0) is 19.2 Å². The molecular weight excluding hydrogens is 346 g/mol. The number of nitrogens with zero attached hydrogens (tertiary/aromatic N) is 1. The lowest BCUT2D eigenvalue weighted by Crippen LogP contribution is -2.66. The van der Waals surface area contributed by atoms with E-state index in [1.54, 1.807) is 38.1 Å². The van der Waals surface area contributed by atoms with Crippen molar-refractivity contribution < 1.29 is 24.3 Å². The predicted molar refractivity (Wildman–Crippen MR) is 89.8 cm³/mol. The van der Waals surface area contributed by atoms with E-state index in [2.05, 4.69) is 5.48 Å². The van der Waals surface area contributed by atoms with Gasteiger partial charge in [0.2, 0.25) is 5.91 Å². The molecule has 2 saturated heterocycles. The number of carbonyl (C=O) groups excluding carboxylic acids is 2. The predicted octanol–water partition coefficient (Wildman–Crippen LogP) is 0.455. The average Bonchev–Trinajstić information content (AvgIpc) is 2.81. The van der Waals surface area contributed by atoms with Crippen molar-refractivity contribution in [3.8, 4) is 0 Å². The number of thioether (sulfide) groups is 1. The zero-order valence-corrected chi connectivity index (χ0v) is 14.5. The maximum atomic E-state index is 12.3. The normalized spacial score (nSPS) is 28.0. The van der Waals surface area contributed by atoms with Gasteiger partial charge in [-0.1, -0.05) is 30.3 Å². The van der Waals surface area contributed by atoms with Gasteiger partial charge in [-0.15, -0.1) is 11.8 Å². The van der Waals surface area contributed by atoms with Crippen molar-refractivity contribution in [1.82, 2.24) is 10.4 Å². The molecule has 8 nitrogen and oxygen atoms in total. The van der Waals surface area contributed by atoms with Gasteiger partial charge in [-0.3, -0.25) is 9.59 Å². The molecular formula is C16H19N3O5S. The topological polar surface area (TPSA) is 122 Å². The van der Waals surface area contributed by atoms with E-state index in [0.717, 1.165) is 0 Å². The second-order valence-corrected chi connectivity index (χ2v) is 8.26. The van der Waals surface area contributed by atoms with Crippen LogP contribution >= 0.6 is 11.8 Å². The minimum absolute atomic E-state index is 0.509. The molecule has 0 aliphatic carbocycles. The zero-order chi connectivity index (χ0) is 18.4. The summed E-state index contributed by atoms with van der Waals surface area (Å²) in [4.78, 5) is 42.5. The number of β-lactam (4-membered cyclic amide) rings is 1. The van der Waals surface area contributed by atoms with Crippen molar-refractivity contribution in [2.45, 2.75) is 36.2 Å². The fourth-order valence-electron chi connectivity index (χ4n) is 3.15. The molecule has 3 rings (SSSR count). The van der Waals surface area contributed by atoms with Crippen molar-refractivity contribution >= 4 is 29.5 Å². The van der Waals surface area contributed by atoms with Crippen molar-refractivity contribution in [2.75, 3.05) is 0 Å². The van der Waals surface area contributed by atoms with Crippen LogP contribution in [0.1, 0.15) is 25.6 Å². The van der Waals surface area contributed by atoms with Gasteiger partial charge in [-0.2, -0.15) is 0 Å². The van der Waals surface area contributed by atoms with Gasteiger partial charge < -0.3 is 15.7 Å². The van der Waals surface area contributed by atoms with Crippen LogP contribution in [0.2, 0.25) is 0 Å². The Labute approximate surface area is 148 Å². The van der Waals surface area contributed by atoms with Gasteiger partial charge in [0.25, 0.3) is 5.91 Å². The average molecular weight is 365 g/mol. The molecule has 2 aliphatic rings. The number of carbonyl (C=O) groups is 3. The number of fused-ring (bicyclic) bond motifs is 1. The number of nitrogens with one attached hydrogen (secondary N) is 1. The summed E-state index contributed by atoms with van der Waals surface area (Å²) in [6.07, 6.45) is -0.865. The lowest BCUT2D eigenvalue weighted by Gasteiger charge is -2.42. The van der Waals surface area contributed by atoms with Crippen LogP contribution in [0.4, 0.5) is 0 Å². The SMILES string of the molecule is CC1(C)S[C@@H]2[C@H](C(=O)NOC(N)c3ccccc3)C(=O)N2[C@H]1C(=O)O. The Morgan fingerprint density at radius 3 is 2.60 bits per heavy atom. The number of carboxylic acid groups (broad SMARTS) is 1. The largest absolute Gasteiger partial charge is 0.480 e. The lowest BCUT2D eigenvalue weighted by atomic mass is 9.91. The van der Waals surface area contributed by atoms with Crippen LogP contribution in [0.3, 0.4) is 0 Å². The number of hydroxylamine groups is 1. The highest BCUT2D eigenvalue weighted by Crippen LogP contribution is 2.53. The highest BCUT2D eigenvalue weighted by Gasteiger charge is 2.65. The van der Waals surface area contributed by atoms with E-state index >= 15 is 0 Å². The molecule has 2 fully saturated rings. The van der Waals surface area contributed by atoms with Crippen molar-refractivity contribution in [2.24, 2.45) is 11.7 Å². The fraction of sp³-hybridized carbons (Fsp3) is 0.438. The third kappa shape index (κ3) is 2.99. The number of rotatable bonds is 5. The first-order valence-electron chi connectivity index (χ1n) is 7.73. The van der Waals surface area contributed by atoms with E-state index in [9.17, 15) is 19.5 Å². The Morgan fingerprint density at radius 2 is 2.00 bits per heavy atom. The molecule has 0 bridgehead atoms. The molecule has 0 saturated carbocycles. The highest BCUT2D eigenvalue weighted by molar-refractivity contribution is 8.01. The Kier molecular flexibility index (Phi) is 4.48. The minimum atomic E-state index is -1.07. The first-order valence-corrected chi connectivity index (χ1v) is 8.61. The summed E-state index contributed by atoms with van der Waals surface area (Å²) in [5.41, 5.74) is 8.73. The van der Waals surface area contributed by atoms with Gasteiger partial charge in [-0.25, -0.2) is 15.1 Å². The van der Waals surface area contributed by atoms with Crippen molar-refractivity contribution in [3.63, 3.8) is 0 Å². The van der Waals surface area contributed by atoms with E-state index in [-0.39, 0.29) is 0 Å². The third-order valence-electron chi connectivity index (χ3n) is 4.37. The van der Waals surface area contributed by atoms with Crippen molar-refractivity contribution in [1.29, 1.82) is 0 Å². The van der Waals surface area contributed by atoms with Crippen LogP contribution in [0, 0.1) is 5.92 Å². The Bertz CT molecular complexity index is 711. The van der Waals surface area contributed by atoms with Gasteiger partial charge in [0, 0.05) is 4.75 Å². The molecule has 2 heterocycles. The van der Waals surface area contributed by atoms with Crippen LogP contribution in [0.25, 0.3) is 0 Å². The number of hydrogen-bond acceptors (Lipinski definition) is 6. The second kappa shape index (κ2) is 6.32. The van der Waals surface area contributed by atoms with E-state index in [1.807, 2.05) is 6.07 Å². The molecule has 0 aromatic heterocycles. The summed E-state index contributed by atoms with van der Waals surface area (Å²) in [5.74, 6) is -3.18. The molecule has 0 radical (unpaired) electrons. The first-order chi connectivity index (χ1) is 11.7. The summed E-state index contributed by atoms with van der Waals surface area (Å²) in [6.45, 7) is 3.50. The van der Waals surface area contributed by atoms with E-state index in [1.165, 1.54) is 16.7 Å². The highest BCUT2D eigenvalue weighted by atomic mass is 32.2. The van der Waals surface area contributed by atoms with Gasteiger partial charge in [0.05, 0.1) is 0 Å². The molecule has 9 heteroatoms. The van der Waals surface area contributed by atoms with Crippen LogP contribution < -0.4 is 11.2 Å². The number of hydrogen-bond donors (Lipinski definition) is 3. The zero-order valence-electron chi connectivity index (χ0n) is 13.7. The number of carboxylic acids is 1. The molecule has 1 unspecified atom stereocenters. The maximum Gasteiger partial charge on any atom is 0.327 e.